The van der Waals surface area contributed by atoms with Gasteiger partial charge in [-0.25, -0.2) is 4.79 Å². The number of hydrogen-bond acceptors (Lipinski definition) is 3. The summed E-state index contributed by atoms with van der Waals surface area (Å²) in [5, 5.41) is 5.97. The zero-order valence-electron chi connectivity index (χ0n) is 8.15. The van der Waals surface area contributed by atoms with E-state index in [9.17, 15) is 4.79 Å². The van der Waals surface area contributed by atoms with Crippen molar-refractivity contribution >= 4 is 11.8 Å². The predicted molar refractivity (Wildman–Crippen MR) is 54.2 cm³/mol. The lowest BCUT2D eigenvalue weighted by atomic mass is 10.1. The summed E-state index contributed by atoms with van der Waals surface area (Å²) in [6.07, 6.45) is -0.569. The summed E-state index contributed by atoms with van der Waals surface area (Å²) in [4.78, 5) is 15.3. The SMILES string of the molecule is CNC(=O)O/N=C(\C)c1ccccc1. The summed E-state index contributed by atoms with van der Waals surface area (Å²) in [6, 6.07) is 9.50. The van der Waals surface area contributed by atoms with Crippen LogP contribution >= 0.6 is 0 Å². The number of carbonyl (C=O) groups is 1. The van der Waals surface area contributed by atoms with Crippen molar-refractivity contribution in [2.45, 2.75) is 6.92 Å². The Morgan fingerprint density at radius 3 is 2.57 bits per heavy atom. The molecule has 4 nitrogen and oxygen atoms in total. The van der Waals surface area contributed by atoms with E-state index in [-0.39, 0.29) is 0 Å². The Hall–Kier alpha value is -1.84. The smallest absolute Gasteiger partial charge is 0.323 e. The highest BCUT2D eigenvalue weighted by atomic mass is 16.7. The van der Waals surface area contributed by atoms with Crippen molar-refractivity contribution in [2.24, 2.45) is 5.16 Å². The minimum absolute atomic E-state index is 0.569. The van der Waals surface area contributed by atoms with Crippen molar-refractivity contribution in [1.29, 1.82) is 0 Å². The number of carbonyl (C=O) groups excluding carboxylic acids is 1. The fourth-order valence-corrected chi connectivity index (χ4v) is 0.888. The Kier molecular flexibility index (Phi) is 3.67. The molecular weight excluding hydrogens is 180 g/mol. The standard InChI is InChI=1S/C10H12N2O2/c1-8(12-14-10(13)11-2)9-6-4-3-5-7-9/h3-7H,1-2H3,(H,11,13)/b12-8+. The quantitative estimate of drug-likeness (QED) is 0.441. The third-order valence-electron chi connectivity index (χ3n) is 1.66. The lowest BCUT2D eigenvalue weighted by Gasteiger charge is -1.99. The van der Waals surface area contributed by atoms with Crippen molar-refractivity contribution in [3.05, 3.63) is 35.9 Å². The molecule has 0 radical (unpaired) electrons. The van der Waals surface area contributed by atoms with Gasteiger partial charge in [-0.2, -0.15) is 0 Å². The first-order chi connectivity index (χ1) is 6.74. The molecule has 1 aromatic carbocycles. The van der Waals surface area contributed by atoms with E-state index in [0.717, 1.165) is 5.56 Å². The average Bonchev–Trinajstić information content (AvgIpc) is 2.26. The van der Waals surface area contributed by atoms with Crippen LogP contribution in [0.5, 0.6) is 0 Å². The van der Waals surface area contributed by atoms with E-state index in [1.54, 1.807) is 6.92 Å². The molecule has 1 amide bonds. The third-order valence-corrected chi connectivity index (χ3v) is 1.66. The Labute approximate surface area is 82.6 Å². The molecule has 0 aliphatic heterocycles. The highest BCUT2D eigenvalue weighted by molar-refractivity contribution is 5.98. The summed E-state index contributed by atoms with van der Waals surface area (Å²) >= 11 is 0. The summed E-state index contributed by atoms with van der Waals surface area (Å²) in [5.74, 6) is 0. The van der Waals surface area contributed by atoms with E-state index in [1.807, 2.05) is 30.3 Å². The van der Waals surface area contributed by atoms with Crippen molar-refractivity contribution in [1.82, 2.24) is 5.32 Å². The summed E-state index contributed by atoms with van der Waals surface area (Å²) in [5.41, 5.74) is 1.59. The van der Waals surface area contributed by atoms with Gasteiger partial charge in [0.1, 0.15) is 0 Å². The Morgan fingerprint density at radius 2 is 2.00 bits per heavy atom. The number of nitrogens with one attached hydrogen (secondary N) is 1. The first-order valence-corrected chi connectivity index (χ1v) is 4.23. The van der Waals surface area contributed by atoms with E-state index in [2.05, 4.69) is 15.3 Å². The van der Waals surface area contributed by atoms with Crippen LogP contribution in [0.3, 0.4) is 0 Å². The van der Waals surface area contributed by atoms with Crippen molar-refractivity contribution in [3.63, 3.8) is 0 Å². The molecule has 0 aliphatic rings. The highest BCUT2D eigenvalue weighted by Crippen LogP contribution is 2.00. The molecule has 74 valence electrons. The Morgan fingerprint density at radius 1 is 1.36 bits per heavy atom. The van der Waals surface area contributed by atoms with Gasteiger partial charge in [0.05, 0.1) is 5.71 Å². The molecule has 4 heteroatoms. The van der Waals surface area contributed by atoms with Crippen LogP contribution in [-0.4, -0.2) is 18.9 Å². The van der Waals surface area contributed by atoms with Crippen LogP contribution in [0, 0.1) is 0 Å². The molecule has 0 bridgehead atoms. The summed E-state index contributed by atoms with van der Waals surface area (Å²) < 4.78 is 0. The van der Waals surface area contributed by atoms with Crippen LogP contribution in [0.2, 0.25) is 0 Å². The number of amides is 1. The lowest BCUT2D eigenvalue weighted by molar-refractivity contribution is 0.153. The topological polar surface area (TPSA) is 50.7 Å². The Bertz CT molecular complexity index is 333. The van der Waals surface area contributed by atoms with Gasteiger partial charge in [-0.15, -0.1) is 0 Å². The monoisotopic (exact) mass is 192 g/mol. The normalized spacial score (nSPS) is 10.9. The fourth-order valence-electron chi connectivity index (χ4n) is 0.888. The predicted octanol–water partition coefficient (Wildman–Crippen LogP) is 1.77. The molecule has 1 rings (SSSR count). The zero-order valence-corrected chi connectivity index (χ0v) is 8.15. The van der Waals surface area contributed by atoms with Gasteiger partial charge in [0.25, 0.3) is 0 Å². The number of hydrogen-bond donors (Lipinski definition) is 1. The molecule has 0 saturated heterocycles. The molecule has 1 N–H and O–H groups in total. The van der Waals surface area contributed by atoms with Crippen LogP contribution in [0.15, 0.2) is 35.5 Å². The van der Waals surface area contributed by atoms with Gasteiger partial charge < -0.3 is 5.32 Å². The van der Waals surface area contributed by atoms with Gasteiger partial charge in [-0.3, -0.25) is 4.84 Å². The maximum atomic E-state index is 10.7. The van der Waals surface area contributed by atoms with Gasteiger partial charge in [-0.05, 0) is 12.5 Å². The molecule has 0 atom stereocenters. The first kappa shape index (κ1) is 10.2. The summed E-state index contributed by atoms with van der Waals surface area (Å²) in [6.45, 7) is 1.78. The van der Waals surface area contributed by atoms with Crippen LogP contribution in [-0.2, 0) is 4.84 Å². The van der Waals surface area contributed by atoms with Gasteiger partial charge in [0.15, 0.2) is 0 Å². The first-order valence-electron chi connectivity index (χ1n) is 4.23. The van der Waals surface area contributed by atoms with Crippen LogP contribution < -0.4 is 5.32 Å². The van der Waals surface area contributed by atoms with Crippen LogP contribution in [0.25, 0.3) is 0 Å². The summed E-state index contributed by atoms with van der Waals surface area (Å²) in [7, 11) is 1.48. The van der Waals surface area contributed by atoms with Crippen LogP contribution in [0.4, 0.5) is 4.79 Å². The molecule has 0 saturated carbocycles. The lowest BCUT2D eigenvalue weighted by Crippen LogP contribution is -2.17. The minimum atomic E-state index is -0.569. The average molecular weight is 192 g/mol. The largest absolute Gasteiger partial charge is 0.433 e. The Balaban J connectivity index is 2.66. The molecule has 0 unspecified atom stereocenters. The number of benzene rings is 1. The van der Waals surface area contributed by atoms with E-state index in [4.69, 9.17) is 0 Å². The fraction of sp³-hybridized carbons (Fsp3) is 0.200. The molecule has 0 aliphatic carbocycles. The molecule has 14 heavy (non-hydrogen) atoms. The highest BCUT2D eigenvalue weighted by Gasteiger charge is 1.99. The third kappa shape index (κ3) is 2.90. The van der Waals surface area contributed by atoms with Gasteiger partial charge in [0.2, 0.25) is 0 Å². The second-order valence-corrected chi connectivity index (χ2v) is 2.67. The number of nitrogens with zero attached hydrogens (tertiary/aromatic N) is 1. The maximum Gasteiger partial charge on any atom is 0.433 e. The zero-order chi connectivity index (χ0) is 10.4. The van der Waals surface area contributed by atoms with E-state index in [0.29, 0.717) is 5.71 Å². The number of oxime groups is 1. The van der Waals surface area contributed by atoms with Crippen molar-refractivity contribution in [3.8, 4) is 0 Å². The van der Waals surface area contributed by atoms with Crippen LogP contribution in [0.1, 0.15) is 12.5 Å². The van der Waals surface area contributed by atoms with Gasteiger partial charge in [0, 0.05) is 7.05 Å². The van der Waals surface area contributed by atoms with E-state index >= 15 is 0 Å². The molecule has 0 spiro atoms. The molecular formula is C10H12N2O2. The van der Waals surface area contributed by atoms with Gasteiger partial charge in [-0.1, -0.05) is 35.5 Å². The van der Waals surface area contributed by atoms with Crippen molar-refractivity contribution < 1.29 is 9.63 Å². The maximum absolute atomic E-state index is 10.7. The minimum Gasteiger partial charge on any atom is -0.323 e. The van der Waals surface area contributed by atoms with E-state index in [1.165, 1.54) is 7.05 Å². The molecule has 1 aromatic rings. The second kappa shape index (κ2) is 5.01. The number of rotatable bonds is 2. The van der Waals surface area contributed by atoms with Gasteiger partial charge >= 0.3 is 6.09 Å². The molecule has 0 fully saturated rings. The molecule has 0 heterocycles. The van der Waals surface area contributed by atoms with E-state index < -0.39 is 6.09 Å². The second-order valence-electron chi connectivity index (χ2n) is 2.67. The molecule has 0 aromatic heterocycles. The van der Waals surface area contributed by atoms with Crippen molar-refractivity contribution in [2.75, 3.05) is 7.05 Å².